The Morgan fingerprint density at radius 2 is 1.73 bits per heavy atom. The Labute approximate surface area is 174 Å². The van der Waals surface area contributed by atoms with Crippen LogP contribution in [-0.4, -0.2) is 55.8 Å². The molecular formula is C22H24N2O6. The molecule has 158 valence electrons. The number of hydrogen-bond acceptors (Lipinski definition) is 6. The molecule has 2 amide bonds. The normalized spacial score (nSPS) is 10.1. The molecule has 8 nitrogen and oxygen atoms in total. The van der Waals surface area contributed by atoms with Crippen molar-refractivity contribution in [3.63, 3.8) is 0 Å². The Balaban J connectivity index is 1.76. The summed E-state index contributed by atoms with van der Waals surface area (Å²) in [7, 11) is 1.44. The van der Waals surface area contributed by atoms with Crippen LogP contribution in [0.3, 0.4) is 0 Å². The van der Waals surface area contributed by atoms with E-state index < -0.39 is 25.1 Å². The molecule has 30 heavy (non-hydrogen) atoms. The number of aldehydes is 1. The number of amides is 2. The summed E-state index contributed by atoms with van der Waals surface area (Å²) >= 11 is 0. The summed E-state index contributed by atoms with van der Waals surface area (Å²) in [6.45, 7) is 0.830. The minimum Gasteiger partial charge on any atom is -0.481 e. The number of para-hydroxylation sites is 2. The summed E-state index contributed by atoms with van der Waals surface area (Å²) in [5, 5.41) is 2.77. The van der Waals surface area contributed by atoms with Crippen molar-refractivity contribution < 1.29 is 28.7 Å². The molecule has 0 unspecified atom stereocenters. The Morgan fingerprint density at radius 3 is 2.47 bits per heavy atom. The van der Waals surface area contributed by atoms with Gasteiger partial charge in [0.1, 0.15) is 5.75 Å². The van der Waals surface area contributed by atoms with Crippen LogP contribution in [0.2, 0.25) is 0 Å². The molecule has 0 bridgehead atoms. The third kappa shape index (κ3) is 6.73. The molecule has 0 saturated heterocycles. The molecule has 0 aliphatic rings. The van der Waals surface area contributed by atoms with Gasteiger partial charge in [0.2, 0.25) is 5.91 Å². The zero-order valence-corrected chi connectivity index (χ0v) is 16.9. The average molecular weight is 412 g/mol. The fourth-order valence-corrected chi connectivity index (χ4v) is 2.58. The lowest BCUT2D eigenvalue weighted by atomic mass is 10.1. The van der Waals surface area contributed by atoms with Gasteiger partial charge in [0.15, 0.2) is 19.5 Å². The molecule has 0 aliphatic heterocycles. The highest BCUT2D eigenvalue weighted by Crippen LogP contribution is 2.16. The largest absolute Gasteiger partial charge is 0.481 e. The number of carbonyl (C=O) groups is 4. The lowest BCUT2D eigenvalue weighted by Crippen LogP contribution is -2.37. The van der Waals surface area contributed by atoms with E-state index in [1.807, 2.05) is 25.1 Å². The SMILES string of the molecule is CCc1ccccc1NC(=O)CN(C)C(=O)COC(=O)COc1ccccc1C=O. The number of nitrogens with one attached hydrogen (secondary N) is 1. The molecule has 2 aromatic carbocycles. The third-order valence-electron chi connectivity index (χ3n) is 4.23. The van der Waals surface area contributed by atoms with Crippen LogP contribution in [0.15, 0.2) is 48.5 Å². The quantitative estimate of drug-likeness (QED) is 0.474. The van der Waals surface area contributed by atoms with E-state index >= 15 is 0 Å². The first-order valence-corrected chi connectivity index (χ1v) is 9.39. The molecule has 0 spiro atoms. The van der Waals surface area contributed by atoms with Gasteiger partial charge in [-0.25, -0.2) is 4.79 Å². The second-order valence-electron chi connectivity index (χ2n) is 6.41. The highest BCUT2D eigenvalue weighted by molar-refractivity contribution is 5.95. The average Bonchev–Trinajstić information content (AvgIpc) is 2.76. The van der Waals surface area contributed by atoms with Gasteiger partial charge in [-0.1, -0.05) is 37.3 Å². The van der Waals surface area contributed by atoms with Gasteiger partial charge in [0.25, 0.3) is 5.91 Å². The van der Waals surface area contributed by atoms with E-state index in [1.165, 1.54) is 11.9 Å². The smallest absolute Gasteiger partial charge is 0.344 e. The van der Waals surface area contributed by atoms with Gasteiger partial charge in [-0.05, 0) is 30.2 Å². The second-order valence-corrected chi connectivity index (χ2v) is 6.41. The van der Waals surface area contributed by atoms with E-state index in [4.69, 9.17) is 9.47 Å². The number of hydrogen-bond donors (Lipinski definition) is 1. The molecule has 0 atom stereocenters. The van der Waals surface area contributed by atoms with Crippen molar-refractivity contribution >= 4 is 29.8 Å². The Kier molecular flexibility index (Phi) is 8.56. The number of carbonyl (C=O) groups excluding carboxylic acids is 4. The molecule has 2 aromatic rings. The predicted molar refractivity (Wildman–Crippen MR) is 110 cm³/mol. The summed E-state index contributed by atoms with van der Waals surface area (Å²) in [4.78, 5) is 48.2. The van der Waals surface area contributed by atoms with Crippen LogP contribution in [0, 0.1) is 0 Å². The molecule has 0 saturated carbocycles. The summed E-state index contributed by atoms with van der Waals surface area (Å²) in [5.74, 6) is -1.40. The molecule has 1 N–H and O–H groups in total. The maximum atomic E-state index is 12.2. The molecule has 0 heterocycles. The van der Waals surface area contributed by atoms with Crippen molar-refractivity contribution in [3.8, 4) is 5.75 Å². The topological polar surface area (TPSA) is 102 Å². The lowest BCUT2D eigenvalue weighted by Gasteiger charge is -2.17. The van der Waals surface area contributed by atoms with Gasteiger partial charge in [0.05, 0.1) is 12.1 Å². The molecule has 0 radical (unpaired) electrons. The van der Waals surface area contributed by atoms with Gasteiger partial charge >= 0.3 is 5.97 Å². The second kappa shape index (κ2) is 11.4. The maximum absolute atomic E-state index is 12.2. The van der Waals surface area contributed by atoms with Crippen molar-refractivity contribution in [3.05, 3.63) is 59.7 Å². The van der Waals surface area contributed by atoms with Crippen LogP contribution < -0.4 is 10.1 Å². The number of aryl methyl sites for hydroxylation is 1. The lowest BCUT2D eigenvalue weighted by molar-refractivity contribution is -0.153. The van der Waals surface area contributed by atoms with E-state index in [1.54, 1.807) is 30.3 Å². The third-order valence-corrected chi connectivity index (χ3v) is 4.23. The number of ether oxygens (including phenoxy) is 2. The Morgan fingerprint density at radius 1 is 1.03 bits per heavy atom. The summed E-state index contributed by atoms with van der Waals surface area (Å²) in [5.41, 5.74) is 1.99. The molecule has 2 rings (SSSR count). The van der Waals surface area contributed by atoms with E-state index in [2.05, 4.69) is 5.32 Å². The first-order chi connectivity index (χ1) is 14.4. The van der Waals surface area contributed by atoms with Gasteiger partial charge in [-0.15, -0.1) is 0 Å². The van der Waals surface area contributed by atoms with E-state index in [9.17, 15) is 19.2 Å². The maximum Gasteiger partial charge on any atom is 0.344 e. The van der Waals surface area contributed by atoms with Crippen molar-refractivity contribution in [1.82, 2.24) is 4.90 Å². The van der Waals surface area contributed by atoms with Crippen LogP contribution in [-0.2, 0) is 25.5 Å². The van der Waals surface area contributed by atoms with E-state index in [-0.39, 0.29) is 18.2 Å². The molecular weight excluding hydrogens is 388 g/mol. The molecule has 8 heteroatoms. The van der Waals surface area contributed by atoms with Crippen molar-refractivity contribution in [1.29, 1.82) is 0 Å². The highest BCUT2D eigenvalue weighted by atomic mass is 16.6. The van der Waals surface area contributed by atoms with Gasteiger partial charge in [0, 0.05) is 12.7 Å². The van der Waals surface area contributed by atoms with Gasteiger partial charge < -0.3 is 19.7 Å². The molecule has 0 aliphatic carbocycles. The number of anilines is 1. The number of benzene rings is 2. The molecule has 0 fully saturated rings. The van der Waals surface area contributed by atoms with E-state index in [0.29, 0.717) is 17.5 Å². The Bertz CT molecular complexity index is 912. The standard InChI is InChI=1S/C22H24N2O6/c1-3-16-8-4-6-10-18(16)23-20(26)12-24(2)21(27)14-30-22(28)15-29-19-11-7-5-9-17(19)13-25/h4-11,13H,3,12,14-15H2,1-2H3,(H,23,26). The predicted octanol–water partition coefficient (Wildman–Crippen LogP) is 2.08. The fraction of sp³-hybridized carbons (Fsp3) is 0.273. The number of nitrogens with zero attached hydrogens (tertiary/aromatic N) is 1. The fourth-order valence-electron chi connectivity index (χ4n) is 2.58. The summed E-state index contributed by atoms with van der Waals surface area (Å²) in [6.07, 6.45) is 1.38. The van der Waals surface area contributed by atoms with Crippen LogP contribution in [0.25, 0.3) is 0 Å². The molecule has 0 aromatic heterocycles. The van der Waals surface area contributed by atoms with Crippen LogP contribution in [0.5, 0.6) is 5.75 Å². The van der Waals surface area contributed by atoms with E-state index in [0.717, 1.165) is 12.0 Å². The zero-order chi connectivity index (χ0) is 21.9. The highest BCUT2D eigenvalue weighted by Gasteiger charge is 2.16. The minimum absolute atomic E-state index is 0.183. The number of esters is 1. The first-order valence-electron chi connectivity index (χ1n) is 9.39. The first kappa shape index (κ1) is 22.6. The zero-order valence-electron chi connectivity index (χ0n) is 16.9. The van der Waals surface area contributed by atoms with Gasteiger partial charge in [-0.3, -0.25) is 14.4 Å². The minimum atomic E-state index is -0.765. The monoisotopic (exact) mass is 412 g/mol. The van der Waals surface area contributed by atoms with Gasteiger partial charge in [-0.2, -0.15) is 0 Å². The number of likely N-dealkylation sites (N-methyl/N-ethyl adjacent to an activating group) is 1. The van der Waals surface area contributed by atoms with Crippen molar-refractivity contribution in [2.45, 2.75) is 13.3 Å². The Hall–Kier alpha value is -3.68. The van der Waals surface area contributed by atoms with Crippen LogP contribution >= 0.6 is 0 Å². The number of rotatable bonds is 10. The summed E-state index contributed by atoms with van der Waals surface area (Å²) < 4.78 is 10.1. The van der Waals surface area contributed by atoms with Crippen LogP contribution in [0.4, 0.5) is 5.69 Å². The van der Waals surface area contributed by atoms with Crippen LogP contribution in [0.1, 0.15) is 22.8 Å². The summed E-state index contributed by atoms with van der Waals surface area (Å²) in [6, 6.07) is 13.8. The van der Waals surface area contributed by atoms with Crippen molar-refractivity contribution in [2.75, 3.05) is 32.1 Å². The van der Waals surface area contributed by atoms with Crippen molar-refractivity contribution in [2.24, 2.45) is 0 Å².